The molecule has 8 heteroatoms. The molecule has 1 aliphatic heterocycles. The molecule has 1 fully saturated rings. The second-order valence-electron chi connectivity index (χ2n) is 7.63. The van der Waals surface area contributed by atoms with E-state index in [-0.39, 0.29) is 35.6 Å². The van der Waals surface area contributed by atoms with E-state index in [0.717, 1.165) is 24.2 Å². The number of nitrogens with zero attached hydrogens (tertiary/aromatic N) is 3. The van der Waals surface area contributed by atoms with E-state index in [1.165, 1.54) is 28.9 Å². The van der Waals surface area contributed by atoms with Crippen LogP contribution in [0, 0.1) is 5.82 Å². The van der Waals surface area contributed by atoms with Crippen LogP contribution in [0.3, 0.4) is 0 Å². The molecule has 2 heterocycles. The molecule has 2 aromatic carbocycles. The Morgan fingerprint density at radius 3 is 2.47 bits per heavy atom. The Bertz CT molecular complexity index is 1100. The van der Waals surface area contributed by atoms with Crippen molar-refractivity contribution in [1.82, 2.24) is 20.0 Å². The number of halogens is 1. The fourth-order valence-electron chi connectivity index (χ4n) is 3.75. The van der Waals surface area contributed by atoms with Crippen molar-refractivity contribution in [3.05, 3.63) is 99.7 Å². The highest BCUT2D eigenvalue weighted by molar-refractivity contribution is 5.92. The molecule has 3 aromatic rings. The number of carbonyl (C=O) groups is 1. The summed E-state index contributed by atoms with van der Waals surface area (Å²) in [6.07, 6.45) is 0. The summed E-state index contributed by atoms with van der Waals surface area (Å²) in [7, 11) is 0. The third kappa shape index (κ3) is 5.46. The Labute approximate surface area is 185 Å². The van der Waals surface area contributed by atoms with Crippen molar-refractivity contribution in [3.8, 4) is 0 Å². The minimum Gasteiger partial charge on any atom is -0.379 e. The molecule has 1 N–H and O–H groups in total. The Balaban J connectivity index is 1.48. The maximum Gasteiger partial charge on any atom is 0.271 e. The smallest absolute Gasteiger partial charge is 0.271 e. The second kappa shape index (κ2) is 10.3. The molecule has 1 unspecified atom stereocenters. The van der Waals surface area contributed by atoms with E-state index in [2.05, 4.69) is 15.3 Å². The summed E-state index contributed by atoms with van der Waals surface area (Å²) in [4.78, 5) is 27.3. The lowest BCUT2D eigenvalue weighted by molar-refractivity contribution is 0.0162. The van der Waals surface area contributed by atoms with Crippen LogP contribution < -0.4 is 10.9 Å². The van der Waals surface area contributed by atoms with Gasteiger partial charge in [-0.05, 0) is 29.3 Å². The number of benzene rings is 2. The first-order valence-electron chi connectivity index (χ1n) is 10.6. The predicted octanol–water partition coefficient (Wildman–Crippen LogP) is 2.23. The molecule has 1 amide bonds. The zero-order valence-corrected chi connectivity index (χ0v) is 17.6. The molecular formula is C24H25FN4O3. The average molecular weight is 436 g/mol. The van der Waals surface area contributed by atoms with Gasteiger partial charge in [-0.1, -0.05) is 42.5 Å². The van der Waals surface area contributed by atoms with Crippen LogP contribution in [-0.2, 0) is 11.3 Å². The highest BCUT2D eigenvalue weighted by Gasteiger charge is 2.24. The first-order chi connectivity index (χ1) is 15.6. The van der Waals surface area contributed by atoms with Crippen molar-refractivity contribution in [2.75, 3.05) is 32.8 Å². The minimum atomic E-state index is -0.368. The molecule has 7 nitrogen and oxygen atoms in total. The highest BCUT2D eigenvalue weighted by atomic mass is 19.1. The minimum absolute atomic E-state index is 0.126. The topological polar surface area (TPSA) is 76.5 Å². The van der Waals surface area contributed by atoms with Crippen molar-refractivity contribution in [2.45, 2.75) is 12.6 Å². The van der Waals surface area contributed by atoms with Gasteiger partial charge in [-0.3, -0.25) is 14.5 Å². The van der Waals surface area contributed by atoms with Gasteiger partial charge in [0, 0.05) is 25.7 Å². The monoisotopic (exact) mass is 436 g/mol. The van der Waals surface area contributed by atoms with Gasteiger partial charge in [0.05, 0.1) is 25.8 Å². The number of nitrogens with one attached hydrogen (secondary N) is 1. The Kier molecular flexibility index (Phi) is 7.03. The number of aromatic nitrogens is 2. The summed E-state index contributed by atoms with van der Waals surface area (Å²) in [6, 6.07) is 18.4. The molecule has 0 aliphatic carbocycles. The van der Waals surface area contributed by atoms with Gasteiger partial charge >= 0.3 is 0 Å². The molecule has 1 aliphatic rings. The third-order valence-corrected chi connectivity index (χ3v) is 5.47. The summed E-state index contributed by atoms with van der Waals surface area (Å²) < 4.78 is 20.1. The van der Waals surface area contributed by atoms with Crippen molar-refractivity contribution >= 4 is 5.91 Å². The van der Waals surface area contributed by atoms with Crippen LogP contribution in [0.1, 0.15) is 27.7 Å². The summed E-state index contributed by atoms with van der Waals surface area (Å²) >= 11 is 0. The van der Waals surface area contributed by atoms with E-state index in [0.29, 0.717) is 19.8 Å². The van der Waals surface area contributed by atoms with Crippen LogP contribution in [0.15, 0.2) is 71.5 Å². The molecular weight excluding hydrogens is 411 g/mol. The maximum absolute atomic E-state index is 13.4. The van der Waals surface area contributed by atoms with E-state index in [1.807, 2.05) is 30.3 Å². The fourth-order valence-corrected chi connectivity index (χ4v) is 3.75. The first kappa shape index (κ1) is 21.9. The SMILES string of the molecule is O=C(NCC(c1ccc(F)cc1)N1CCOCC1)c1ccc(=O)n(Cc2ccccc2)n1. The predicted molar refractivity (Wildman–Crippen MR) is 118 cm³/mol. The van der Waals surface area contributed by atoms with Crippen LogP contribution in [0.25, 0.3) is 0 Å². The number of hydrogen-bond donors (Lipinski definition) is 1. The van der Waals surface area contributed by atoms with Gasteiger partial charge in [-0.15, -0.1) is 0 Å². The van der Waals surface area contributed by atoms with Crippen LogP contribution in [0.4, 0.5) is 4.39 Å². The van der Waals surface area contributed by atoms with Gasteiger partial charge in [0.25, 0.3) is 11.5 Å². The van der Waals surface area contributed by atoms with Gasteiger partial charge in [0.15, 0.2) is 0 Å². The maximum atomic E-state index is 13.4. The molecule has 0 saturated carbocycles. The summed E-state index contributed by atoms with van der Waals surface area (Å²) in [5.74, 6) is -0.671. The van der Waals surface area contributed by atoms with Gasteiger partial charge < -0.3 is 10.1 Å². The lowest BCUT2D eigenvalue weighted by atomic mass is 10.0. The van der Waals surface area contributed by atoms with E-state index >= 15 is 0 Å². The van der Waals surface area contributed by atoms with Crippen molar-refractivity contribution < 1.29 is 13.9 Å². The number of carbonyl (C=O) groups excluding carboxylic acids is 1. The molecule has 0 radical (unpaired) electrons. The van der Waals surface area contributed by atoms with Gasteiger partial charge in [0.2, 0.25) is 0 Å². The zero-order valence-electron chi connectivity index (χ0n) is 17.6. The second-order valence-corrected chi connectivity index (χ2v) is 7.63. The van der Waals surface area contributed by atoms with Gasteiger partial charge in [0.1, 0.15) is 11.5 Å². The zero-order chi connectivity index (χ0) is 22.3. The first-order valence-corrected chi connectivity index (χ1v) is 10.6. The quantitative estimate of drug-likeness (QED) is 0.615. The Morgan fingerprint density at radius 1 is 1.03 bits per heavy atom. The normalized spacial score (nSPS) is 15.3. The summed E-state index contributed by atoms with van der Waals surface area (Å²) in [5.41, 5.74) is 1.72. The Hall–Kier alpha value is -3.36. The van der Waals surface area contributed by atoms with Crippen molar-refractivity contribution in [3.63, 3.8) is 0 Å². The largest absolute Gasteiger partial charge is 0.379 e. The molecule has 0 bridgehead atoms. The standard InChI is InChI=1S/C24H25FN4O3/c25-20-8-6-19(7-9-20)22(28-12-14-32-15-13-28)16-26-24(31)21-10-11-23(30)29(27-21)17-18-4-2-1-3-5-18/h1-11,22H,12-17H2,(H,26,31). The molecule has 32 heavy (non-hydrogen) atoms. The van der Waals surface area contributed by atoms with Crippen molar-refractivity contribution in [1.29, 1.82) is 0 Å². The van der Waals surface area contributed by atoms with Gasteiger partial charge in [-0.25, -0.2) is 9.07 Å². The molecule has 4 rings (SSSR count). The van der Waals surface area contributed by atoms with E-state index < -0.39 is 0 Å². The van der Waals surface area contributed by atoms with E-state index in [1.54, 1.807) is 12.1 Å². The van der Waals surface area contributed by atoms with Crippen LogP contribution in [0.5, 0.6) is 0 Å². The number of ether oxygens (including phenoxy) is 1. The van der Waals surface area contributed by atoms with E-state index in [9.17, 15) is 14.0 Å². The number of morpholine rings is 1. The van der Waals surface area contributed by atoms with Gasteiger partial charge in [-0.2, -0.15) is 5.10 Å². The fraction of sp³-hybridized carbons (Fsp3) is 0.292. The third-order valence-electron chi connectivity index (χ3n) is 5.47. The lowest BCUT2D eigenvalue weighted by Crippen LogP contribution is -2.44. The number of rotatable bonds is 7. The molecule has 1 aromatic heterocycles. The number of hydrogen-bond acceptors (Lipinski definition) is 5. The van der Waals surface area contributed by atoms with Crippen LogP contribution in [-0.4, -0.2) is 53.4 Å². The summed E-state index contributed by atoms with van der Waals surface area (Å²) in [5, 5.41) is 7.18. The molecule has 0 spiro atoms. The Morgan fingerprint density at radius 2 is 1.75 bits per heavy atom. The van der Waals surface area contributed by atoms with E-state index in [4.69, 9.17) is 4.74 Å². The van der Waals surface area contributed by atoms with Crippen LogP contribution in [0.2, 0.25) is 0 Å². The summed E-state index contributed by atoms with van der Waals surface area (Å²) in [6.45, 7) is 3.27. The average Bonchev–Trinajstić information content (AvgIpc) is 2.83. The molecule has 1 saturated heterocycles. The highest BCUT2D eigenvalue weighted by Crippen LogP contribution is 2.21. The lowest BCUT2D eigenvalue weighted by Gasteiger charge is -2.34. The number of amides is 1. The van der Waals surface area contributed by atoms with Crippen molar-refractivity contribution in [2.24, 2.45) is 0 Å². The van der Waals surface area contributed by atoms with Crippen LogP contribution >= 0.6 is 0 Å². The molecule has 1 atom stereocenters. The molecule has 166 valence electrons.